The number of hydrogen-bond donors (Lipinski definition) is 1. The van der Waals surface area contributed by atoms with E-state index >= 15 is 0 Å². The summed E-state index contributed by atoms with van der Waals surface area (Å²) in [5.41, 5.74) is 4.91. The van der Waals surface area contributed by atoms with Crippen LogP contribution < -0.4 is 5.32 Å². The molecule has 2 atom stereocenters. The van der Waals surface area contributed by atoms with Gasteiger partial charge in [0, 0.05) is 31.2 Å². The Morgan fingerprint density at radius 2 is 2.18 bits per heavy atom. The van der Waals surface area contributed by atoms with E-state index in [9.17, 15) is 0 Å². The standard InChI is InChI=1S/C15H24N2/c1-3-11-5-13(4-2)15-14-6-12(7-16-8-14)10-17(15)9-11/h5,12,14,16H,3-4,6-10H2,1-2H3. The second-order valence-corrected chi connectivity index (χ2v) is 5.76. The van der Waals surface area contributed by atoms with Gasteiger partial charge in [0.15, 0.2) is 0 Å². The monoisotopic (exact) mass is 232 g/mol. The number of piperidine rings is 2. The van der Waals surface area contributed by atoms with Crippen LogP contribution in [0, 0.1) is 11.8 Å². The fraction of sp³-hybridized carbons (Fsp3) is 0.733. The van der Waals surface area contributed by atoms with Gasteiger partial charge in [-0.2, -0.15) is 0 Å². The topological polar surface area (TPSA) is 15.3 Å². The highest BCUT2D eigenvalue weighted by Crippen LogP contribution is 2.38. The predicted molar refractivity (Wildman–Crippen MR) is 71.7 cm³/mol. The van der Waals surface area contributed by atoms with Gasteiger partial charge < -0.3 is 10.2 Å². The van der Waals surface area contributed by atoms with E-state index in [4.69, 9.17) is 0 Å². The highest BCUT2D eigenvalue weighted by molar-refractivity contribution is 5.36. The molecule has 0 aromatic carbocycles. The highest BCUT2D eigenvalue weighted by atomic mass is 15.2. The van der Waals surface area contributed by atoms with Gasteiger partial charge in [0.05, 0.1) is 0 Å². The Kier molecular flexibility index (Phi) is 2.99. The second kappa shape index (κ2) is 4.49. The quantitative estimate of drug-likeness (QED) is 0.787. The van der Waals surface area contributed by atoms with Crippen LogP contribution in [0.15, 0.2) is 22.9 Å². The van der Waals surface area contributed by atoms with Crippen LogP contribution in [-0.4, -0.2) is 31.1 Å². The molecule has 3 heterocycles. The van der Waals surface area contributed by atoms with Crippen LogP contribution >= 0.6 is 0 Å². The van der Waals surface area contributed by atoms with E-state index < -0.39 is 0 Å². The molecule has 3 rings (SSSR count). The van der Waals surface area contributed by atoms with E-state index in [0.29, 0.717) is 0 Å². The van der Waals surface area contributed by atoms with Crippen molar-refractivity contribution in [2.24, 2.45) is 11.8 Å². The molecule has 2 unspecified atom stereocenters. The molecule has 0 aromatic rings. The van der Waals surface area contributed by atoms with Crippen molar-refractivity contribution in [3.63, 3.8) is 0 Å². The first-order valence-electron chi connectivity index (χ1n) is 7.20. The normalized spacial score (nSPS) is 32.4. The van der Waals surface area contributed by atoms with Gasteiger partial charge in [-0.05, 0) is 37.3 Å². The number of rotatable bonds is 2. The Balaban J connectivity index is 1.96. The van der Waals surface area contributed by atoms with Crippen molar-refractivity contribution < 1.29 is 0 Å². The summed E-state index contributed by atoms with van der Waals surface area (Å²) in [4.78, 5) is 2.69. The third kappa shape index (κ3) is 1.93. The maximum atomic E-state index is 3.61. The van der Waals surface area contributed by atoms with Crippen molar-refractivity contribution in [3.05, 3.63) is 22.9 Å². The molecule has 2 fully saturated rings. The summed E-state index contributed by atoms with van der Waals surface area (Å²) >= 11 is 0. The number of hydrogen-bond acceptors (Lipinski definition) is 2. The molecule has 1 N–H and O–H groups in total. The van der Waals surface area contributed by atoms with Crippen molar-refractivity contribution in [1.29, 1.82) is 0 Å². The van der Waals surface area contributed by atoms with Crippen LogP contribution in [0.4, 0.5) is 0 Å². The predicted octanol–water partition coefficient (Wildman–Crippen LogP) is 2.54. The molecule has 0 amide bonds. The van der Waals surface area contributed by atoms with Crippen LogP contribution in [0.1, 0.15) is 33.1 Å². The molecule has 0 spiro atoms. The minimum Gasteiger partial charge on any atom is -0.370 e. The highest BCUT2D eigenvalue weighted by Gasteiger charge is 2.36. The summed E-state index contributed by atoms with van der Waals surface area (Å²) < 4.78 is 0. The summed E-state index contributed by atoms with van der Waals surface area (Å²) in [7, 11) is 0. The molecule has 2 bridgehead atoms. The zero-order valence-corrected chi connectivity index (χ0v) is 11.1. The van der Waals surface area contributed by atoms with E-state index in [2.05, 4.69) is 30.1 Å². The molecule has 17 heavy (non-hydrogen) atoms. The first kappa shape index (κ1) is 11.3. The van der Waals surface area contributed by atoms with Gasteiger partial charge >= 0.3 is 0 Å². The van der Waals surface area contributed by atoms with Crippen LogP contribution in [0.25, 0.3) is 0 Å². The smallest absolute Gasteiger partial charge is 0.0389 e. The molecule has 3 aliphatic rings. The Morgan fingerprint density at radius 3 is 2.94 bits per heavy atom. The number of fused-ring (bicyclic) bond motifs is 4. The molecular formula is C15H24N2. The molecule has 94 valence electrons. The average Bonchev–Trinajstić information content (AvgIpc) is 2.37. The van der Waals surface area contributed by atoms with E-state index in [1.54, 1.807) is 16.8 Å². The zero-order valence-electron chi connectivity index (χ0n) is 11.1. The van der Waals surface area contributed by atoms with Crippen LogP contribution in [0.2, 0.25) is 0 Å². The lowest BCUT2D eigenvalue weighted by atomic mass is 9.79. The Morgan fingerprint density at radius 1 is 1.29 bits per heavy atom. The molecule has 0 radical (unpaired) electrons. The Bertz CT molecular complexity index is 367. The minimum absolute atomic E-state index is 0.784. The number of nitrogens with zero attached hydrogens (tertiary/aromatic N) is 1. The third-order valence-corrected chi connectivity index (χ3v) is 4.58. The summed E-state index contributed by atoms with van der Waals surface area (Å²) in [5, 5.41) is 3.61. The summed E-state index contributed by atoms with van der Waals surface area (Å²) in [6.45, 7) is 9.49. The lowest BCUT2D eigenvalue weighted by Gasteiger charge is -2.47. The molecule has 0 aliphatic carbocycles. The Hall–Kier alpha value is -0.760. The zero-order chi connectivity index (χ0) is 11.8. The maximum Gasteiger partial charge on any atom is 0.0389 e. The van der Waals surface area contributed by atoms with Crippen LogP contribution in [-0.2, 0) is 0 Å². The molecular weight excluding hydrogens is 208 g/mol. The van der Waals surface area contributed by atoms with Gasteiger partial charge in [-0.1, -0.05) is 25.5 Å². The van der Waals surface area contributed by atoms with Crippen molar-refractivity contribution in [1.82, 2.24) is 10.2 Å². The van der Waals surface area contributed by atoms with Crippen molar-refractivity contribution in [2.75, 3.05) is 26.2 Å². The lowest BCUT2D eigenvalue weighted by Crippen LogP contribution is -2.51. The molecule has 0 saturated carbocycles. The van der Waals surface area contributed by atoms with Gasteiger partial charge in [0.2, 0.25) is 0 Å². The minimum atomic E-state index is 0.784. The lowest BCUT2D eigenvalue weighted by molar-refractivity contribution is 0.150. The van der Waals surface area contributed by atoms with E-state index in [1.807, 2.05) is 0 Å². The fourth-order valence-corrected chi connectivity index (χ4v) is 3.77. The Labute approximate surface area is 105 Å². The summed E-state index contributed by atoms with van der Waals surface area (Å²) in [5.74, 6) is 1.67. The average molecular weight is 232 g/mol. The van der Waals surface area contributed by atoms with Gasteiger partial charge in [-0.3, -0.25) is 0 Å². The van der Waals surface area contributed by atoms with E-state index in [1.165, 1.54) is 45.4 Å². The number of nitrogens with one attached hydrogen (secondary N) is 1. The van der Waals surface area contributed by atoms with Gasteiger partial charge in [-0.15, -0.1) is 0 Å². The van der Waals surface area contributed by atoms with Crippen LogP contribution in [0.3, 0.4) is 0 Å². The van der Waals surface area contributed by atoms with Crippen molar-refractivity contribution in [2.45, 2.75) is 33.1 Å². The van der Waals surface area contributed by atoms with Gasteiger partial charge in [-0.25, -0.2) is 0 Å². The second-order valence-electron chi connectivity index (χ2n) is 5.76. The molecule has 3 aliphatic heterocycles. The summed E-state index contributed by atoms with van der Waals surface area (Å²) in [6, 6.07) is 0. The first-order chi connectivity index (χ1) is 8.31. The molecule has 2 heteroatoms. The third-order valence-electron chi connectivity index (χ3n) is 4.58. The summed E-state index contributed by atoms with van der Waals surface area (Å²) in [6.07, 6.45) is 6.30. The molecule has 0 aromatic heterocycles. The molecule has 2 nitrogen and oxygen atoms in total. The van der Waals surface area contributed by atoms with E-state index in [0.717, 1.165) is 11.8 Å². The van der Waals surface area contributed by atoms with Crippen LogP contribution in [0.5, 0.6) is 0 Å². The largest absolute Gasteiger partial charge is 0.370 e. The van der Waals surface area contributed by atoms with Crippen molar-refractivity contribution in [3.8, 4) is 0 Å². The van der Waals surface area contributed by atoms with E-state index in [-0.39, 0.29) is 0 Å². The van der Waals surface area contributed by atoms with Gasteiger partial charge in [0.1, 0.15) is 0 Å². The SMILES string of the molecule is CCC1=CC(CC)=C2C3CNCC(C3)CN2C1. The molecule has 2 saturated heterocycles. The van der Waals surface area contributed by atoms with Crippen molar-refractivity contribution >= 4 is 0 Å². The fourth-order valence-electron chi connectivity index (χ4n) is 3.77. The first-order valence-corrected chi connectivity index (χ1v) is 7.20. The number of allylic oxidation sites excluding steroid dienone is 2. The van der Waals surface area contributed by atoms with Gasteiger partial charge in [0.25, 0.3) is 0 Å². The maximum absolute atomic E-state index is 3.61.